The highest BCUT2D eigenvalue weighted by Gasteiger charge is 2.11. The topological polar surface area (TPSA) is 94.1 Å². The molecule has 6 heteroatoms. The molecule has 0 unspecified atom stereocenters. The summed E-state index contributed by atoms with van der Waals surface area (Å²) >= 11 is 0. The second-order valence-electron chi connectivity index (χ2n) is 4.26. The van der Waals surface area contributed by atoms with E-state index in [0.717, 1.165) is 0 Å². The van der Waals surface area contributed by atoms with Crippen LogP contribution in [0.3, 0.4) is 0 Å². The van der Waals surface area contributed by atoms with Crippen molar-refractivity contribution in [2.24, 2.45) is 0 Å². The van der Waals surface area contributed by atoms with Crippen LogP contribution >= 0.6 is 0 Å². The van der Waals surface area contributed by atoms with E-state index in [2.05, 4.69) is 16.0 Å². The average molecular weight is 284 g/mol. The number of hydrogen-bond donors (Lipinski definition) is 1. The molecule has 21 heavy (non-hydrogen) atoms. The third-order valence-electron chi connectivity index (χ3n) is 2.83. The Morgan fingerprint density at radius 3 is 2.76 bits per heavy atom. The zero-order valence-electron chi connectivity index (χ0n) is 12.0. The van der Waals surface area contributed by atoms with Crippen LogP contribution in [0.1, 0.15) is 18.3 Å². The Hall–Kier alpha value is -2.65. The summed E-state index contributed by atoms with van der Waals surface area (Å²) in [5, 5.41) is 9.03. The van der Waals surface area contributed by atoms with Gasteiger partial charge in [0.05, 0.1) is 24.4 Å². The van der Waals surface area contributed by atoms with Gasteiger partial charge in [-0.25, -0.2) is 9.97 Å². The number of anilines is 1. The predicted molar refractivity (Wildman–Crippen MR) is 78.5 cm³/mol. The summed E-state index contributed by atoms with van der Waals surface area (Å²) in [6.45, 7) is 2.75. The number of ether oxygens (including phenoxy) is 2. The zero-order chi connectivity index (χ0) is 15.2. The first kappa shape index (κ1) is 14.8. The van der Waals surface area contributed by atoms with Gasteiger partial charge in [0, 0.05) is 18.2 Å². The highest BCUT2D eigenvalue weighted by Crippen LogP contribution is 2.30. The number of nitrogen functional groups attached to an aromatic ring is 1. The summed E-state index contributed by atoms with van der Waals surface area (Å²) in [5.41, 5.74) is 7.64. The Labute approximate surface area is 123 Å². The molecule has 0 spiro atoms. The molecule has 2 N–H and O–H groups in total. The molecule has 1 aromatic carbocycles. The Balaban J connectivity index is 2.50. The minimum atomic E-state index is 0.287. The van der Waals surface area contributed by atoms with Crippen LogP contribution in [0.5, 0.6) is 5.75 Å². The van der Waals surface area contributed by atoms with Crippen LogP contribution in [0.25, 0.3) is 11.3 Å². The van der Waals surface area contributed by atoms with Crippen LogP contribution in [0.15, 0.2) is 24.3 Å². The van der Waals surface area contributed by atoms with Crippen LogP contribution in [-0.2, 0) is 11.3 Å². The number of aromatic nitrogens is 2. The number of methoxy groups -OCH3 is 1. The molecule has 0 radical (unpaired) electrons. The fourth-order valence-corrected chi connectivity index (χ4v) is 1.89. The summed E-state index contributed by atoms with van der Waals surface area (Å²) in [6, 6.07) is 8.88. The van der Waals surface area contributed by atoms with Gasteiger partial charge in [-0.05, 0) is 25.1 Å². The maximum absolute atomic E-state index is 9.03. The van der Waals surface area contributed by atoms with E-state index in [9.17, 15) is 0 Å². The van der Waals surface area contributed by atoms with Crippen molar-refractivity contribution in [1.29, 1.82) is 5.26 Å². The summed E-state index contributed by atoms with van der Waals surface area (Å²) in [4.78, 5) is 8.55. The third-order valence-corrected chi connectivity index (χ3v) is 2.83. The van der Waals surface area contributed by atoms with E-state index in [1.807, 2.05) is 6.92 Å². The first-order valence-electron chi connectivity index (χ1n) is 6.47. The summed E-state index contributed by atoms with van der Waals surface area (Å²) in [7, 11) is 1.57. The monoisotopic (exact) mass is 284 g/mol. The lowest BCUT2D eigenvalue weighted by Gasteiger charge is -2.10. The van der Waals surface area contributed by atoms with Gasteiger partial charge in [-0.3, -0.25) is 0 Å². The summed E-state index contributed by atoms with van der Waals surface area (Å²) in [5.74, 6) is 1.46. The van der Waals surface area contributed by atoms with Gasteiger partial charge in [-0.1, -0.05) is 0 Å². The van der Waals surface area contributed by atoms with Gasteiger partial charge < -0.3 is 15.2 Å². The smallest absolute Gasteiger partial charge is 0.157 e. The van der Waals surface area contributed by atoms with Crippen LogP contribution < -0.4 is 10.5 Å². The lowest BCUT2D eigenvalue weighted by atomic mass is 10.1. The molecule has 2 rings (SSSR count). The minimum Gasteiger partial charge on any atom is -0.496 e. The number of nitriles is 1. The van der Waals surface area contributed by atoms with Crippen LogP contribution in [-0.4, -0.2) is 23.7 Å². The molecule has 0 saturated heterocycles. The molecule has 108 valence electrons. The molecule has 0 fully saturated rings. The molecule has 0 amide bonds. The van der Waals surface area contributed by atoms with Crippen molar-refractivity contribution < 1.29 is 9.47 Å². The van der Waals surface area contributed by atoms with E-state index >= 15 is 0 Å². The van der Waals surface area contributed by atoms with Crippen LogP contribution in [0.2, 0.25) is 0 Å². The van der Waals surface area contributed by atoms with E-state index in [-0.39, 0.29) is 6.61 Å². The van der Waals surface area contributed by atoms with Gasteiger partial charge in [-0.15, -0.1) is 0 Å². The molecule has 2 aromatic rings. The Bertz CT molecular complexity index is 680. The van der Waals surface area contributed by atoms with E-state index < -0.39 is 0 Å². The van der Waals surface area contributed by atoms with E-state index in [1.165, 1.54) is 0 Å². The number of nitrogens with two attached hydrogens (primary N) is 1. The lowest BCUT2D eigenvalue weighted by Crippen LogP contribution is -2.04. The number of hydrogen-bond acceptors (Lipinski definition) is 6. The van der Waals surface area contributed by atoms with Crippen molar-refractivity contribution in [2.75, 3.05) is 19.5 Å². The van der Waals surface area contributed by atoms with Gasteiger partial charge in [0.25, 0.3) is 0 Å². The first-order chi connectivity index (χ1) is 10.2. The molecule has 0 atom stereocenters. The molecule has 1 heterocycles. The highest BCUT2D eigenvalue weighted by atomic mass is 16.5. The van der Waals surface area contributed by atoms with E-state index in [1.54, 1.807) is 31.4 Å². The number of benzene rings is 1. The van der Waals surface area contributed by atoms with Crippen molar-refractivity contribution >= 4 is 5.82 Å². The van der Waals surface area contributed by atoms with Gasteiger partial charge in [0.1, 0.15) is 18.2 Å². The SMILES string of the molecule is CCOCc1nc(N)cc(-c2cc(C#N)ccc2OC)n1. The zero-order valence-corrected chi connectivity index (χ0v) is 12.0. The molecule has 6 nitrogen and oxygen atoms in total. The standard InChI is InChI=1S/C15H16N4O2/c1-3-21-9-15-18-12(7-14(17)19-15)11-6-10(8-16)4-5-13(11)20-2/h4-7H,3,9H2,1-2H3,(H2,17,18,19). The fraction of sp³-hybridized carbons (Fsp3) is 0.267. The first-order valence-corrected chi connectivity index (χ1v) is 6.47. The van der Waals surface area contributed by atoms with Crippen molar-refractivity contribution in [3.05, 3.63) is 35.7 Å². The van der Waals surface area contributed by atoms with Gasteiger partial charge in [0.2, 0.25) is 0 Å². The third kappa shape index (κ3) is 3.46. The maximum Gasteiger partial charge on any atom is 0.157 e. The second kappa shape index (κ2) is 6.68. The second-order valence-corrected chi connectivity index (χ2v) is 4.26. The average Bonchev–Trinajstić information content (AvgIpc) is 2.51. The maximum atomic E-state index is 9.03. The number of nitrogens with zero attached hydrogens (tertiary/aromatic N) is 3. The van der Waals surface area contributed by atoms with Gasteiger partial charge in [-0.2, -0.15) is 5.26 Å². The van der Waals surface area contributed by atoms with E-state index in [4.69, 9.17) is 20.5 Å². The van der Waals surface area contributed by atoms with Crippen molar-refractivity contribution in [2.45, 2.75) is 13.5 Å². The largest absolute Gasteiger partial charge is 0.496 e. The predicted octanol–water partition coefficient (Wildman–Crippen LogP) is 2.14. The molecule has 0 aliphatic heterocycles. The molecule has 0 saturated carbocycles. The minimum absolute atomic E-state index is 0.287. The van der Waals surface area contributed by atoms with Crippen LogP contribution in [0, 0.1) is 11.3 Å². The highest BCUT2D eigenvalue weighted by molar-refractivity contribution is 5.70. The summed E-state index contributed by atoms with van der Waals surface area (Å²) in [6.07, 6.45) is 0. The number of rotatable bonds is 5. The van der Waals surface area contributed by atoms with Gasteiger partial charge in [0.15, 0.2) is 5.82 Å². The summed E-state index contributed by atoms with van der Waals surface area (Å²) < 4.78 is 10.6. The molecular weight excluding hydrogens is 268 g/mol. The Morgan fingerprint density at radius 2 is 2.10 bits per heavy atom. The molecular formula is C15H16N4O2. The lowest BCUT2D eigenvalue weighted by molar-refractivity contribution is 0.128. The van der Waals surface area contributed by atoms with E-state index in [0.29, 0.717) is 40.8 Å². The van der Waals surface area contributed by atoms with Crippen LogP contribution in [0.4, 0.5) is 5.82 Å². The quantitative estimate of drug-likeness (QED) is 0.904. The van der Waals surface area contributed by atoms with Crippen molar-refractivity contribution in [3.8, 4) is 23.1 Å². The molecule has 0 aliphatic rings. The molecule has 0 aliphatic carbocycles. The Morgan fingerprint density at radius 1 is 1.29 bits per heavy atom. The van der Waals surface area contributed by atoms with Gasteiger partial charge >= 0.3 is 0 Å². The molecule has 1 aromatic heterocycles. The van der Waals surface area contributed by atoms with Crippen molar-refractivity contribution in [3.63, 3.8) is 0 Å². The normalized spacial score (nSPS) is 10.1. The molecule has 0 bridgehead atoms. The van der Waals surface area contributed by atoms with Crippen molar-refractivity contribution in [1.82, 2.24) is 9.97 Å². The Kier molecular flexibility index (Phi) is 4.69. The fourth-order valence-electron chi connectivity index (χ4n) is 1.89.